The van der Waals surface area contributed by atoms with Crippen LogP contribution in [0.15, 0.2) is 36.5 Å². The Kier molecular flexibility index (Phi) is 14.9. The van der Waals surface area contributed by atoms with E-state index in [-0.39, 0.29) is 54.0 Å². The quantitative estimate of drug-likeness (QED) is 0.284. The van der Waals surface area contributed by atoms with E-state index in [0.29, 0.717) is 13.1 Å². The van der Waals surface area contributed by atoms with Crippen LogP contribution in [-0.4, -0.2) is 92.2 Å². The molecule has 2 aliphatic rings. The summed E-state index contributed by atoms with van der Waals surface area (Å²) >= 11 is 0. The highest BCUT2D eigenvalue weighted by molar-refractivity contribution is 5.82. The normalized spacial score (nSPS) is 21.5. The fourth-order valence-corrected chi connectivity index (χ4v) is 6.15. The molecular weight excluding hydrogens is 532 g/mol. The maximum Gasteiger partial charge on any atom is 0.239 e. The van der Waals surface area contributed by atoms with Crippen LogP contribution in [0.5, 0.6) is 0 Å². The fraction of sp³-hybridized carbons (Fsp3) is 0.727. The number of likely N-dealkylation sites (tertiary alicyclic amines) is 1. The summed E-state index contributed by atoms with van der Waals surface area (Å²) in [6.07, 6.45) is 14.7. The van der Waals surface area contributed by atoms with Gasteiger partial charge in [-0.05, 0) is 37.0 Å². The average molecular weight is 589 g/mol. The minimum atomic E-state index is -0.620. The molecule has 0 aromatic carbocycles. The van der Waals surface area contributed by atoms with E-state index >= 15 is 0 Å². The molecule has 9 nitrogen and oxygen atoms in total. The van der Waals surface area contributed by atoms with Gasteiger partial charge in [0.1, 0.15) is 0 Å². The Bertz CT molecular complexity index is 948. The number of methoxy groups -OCH3 is 2. The Labute approximate surface area is 253 Å². The number of ether oxygens (including phenoxy) is 2. The summed E-state index contributed by atoms with van der Waals surface area (Å²) < 4.78 is 11.8. The van der Waals surface area contributed by atoms with Crippen molar-refractivity contribution in [2.45, 2.75) is 97.1 Å². The standard InChI is InChI=1S/C33H56N4O5/c1-9-23(4)30(36(6)33(40)29(34)22(2)3)27(41-7)21-28(38)37-20-14-17-26(37)31(42-8)24(5)32(39)35-19-18-25-15-12-10-11-13-16-25/h10-13,15-16,22-27,29-31H,9,14,17-21,34H2,1-8H3,(H,35,39)/t23?,24?,26-,27?,29-,30-,31?/m0/s1. The molecule has 4 unspecified atom stereocenters. The second-order valence-electron chi connectivity index (χ2n) is 12.3. The lowest BCUT2D eigenvalue weighted by Gasteiger charge is -2.40. The first-order valence-corrected chi connectivity index (χ1v) is 15.6. The molecule has 0 saturated carbocycles. The lowest BCUT2D eigenvalue weighted by molar-refractivity contribution is -0.146. The van der Waals surface area contributed by atoms with E-state index in [1.807, 2.05) is 50.0 Å². The second kappa shape index (κ2) is 17.6. The predicted octanol–water partition coefficient (Wildman–Crippen LogP) is 3.69. The number of carbonyl (C=O) groups excluding carboxylic acids is 3. The molecule has 9 heteroatoms. The molecule has 3 amide bonds. The Morgan fingerprint density at radius 1 is 1.05 bits per heavy atom. The van der Waals surface area contributed by atoms with Crippen LogP contribution in [0.25, 0.3) is 0 Å². The van der Waals surface area contributed by atoms with Gasteiger partial charge in [0, 0.05) is 34.4 Å². The van der Waals surface area contributed by atoms with Crippen LogP contribution in [0.4, 0.5) is 0 Å². The van der Waals surface area contributed by atoms with Crippen molar-refractivity contribution in [1.29, 1.82) is 0 Å². The maximum atomic E-state index is 13.8. The first kappa shape index (κ1) is 35.7. The first-order chi connectivity index (χ1) is 20.0. The molecule has 1 aliphatic heterocycles. The Morgan fingerprint density at radius 2 is 1.69 bits per heavy atom. The number of nitrogens with one attached hydrogen (secondary N) is 1. The molecule has 0 aromatic heterocycles. The third-order valence-electron chi connectivity index (χ3n) is 9.09. The SMILES string of the molecule is CCC(C)[C@@H](C(CC(=O)N1CCC[C@H]1C(OC)C(C)C(=O)NCCC1C=CC=CC=C1)OC)N(C)C(=O)[C@@H](N)C(C)C. The van der Waals surface area contributed by atoms with Crippen LogP contribution in [0, 0.1) is 23.7 Å². The van der Waals surface area contributed by atoms with Crippen molar-refractivity contribution in [2.24, 2.45) is 29.4 Å². The van der Waals surface area contributed by atoms with Crippen molar-refractivity contribution >= 4 is 17.7 Å². The van der Waals surface area contributed by atoms with Gasteiger partial charge >= 0.3 is 0 Å². The van der Waals surface area contributed by atoms with Gasteiger partial charge in [-0.3, -0.25) is 14.4 Å². The Hall–Kier alpha value is -2.49. The topological polar surface area (TPSA) is 114 Å². The Balaban J connectivity index is 2.10. The van der Waals surface area contributed by atoms with Gasteiger partial charge in [0.05, 0.1) is 42.7 Å². The number of allylic oxidation sites excluding steroid dienone is 6. The summed E-state index contributed by atoms with van der Waals surface area (Å²) in [6.45, 7) is 11.0. The van der Waals surface area contributed by atoms with Crippen molar-refractivity contribution in [1.82, 2.24) is 15.1 Å². The van der Waals surface area contributed by atoms with Gasteiger partial charge in [0.2, 0.25) is 17.7 Å². The van der Waals surface area contributed by atoms with E-state index in [0.717, 1.165) is 25.7 Å². The number of nitrogens with zero attached hydrogens (tertiary/aromatic N) is 2. The van der Waals surface area contributed by atoms with Crippen LogP contribution in [0.1, 0.15) is 66.7 Å². The molecule has 0 bridgehead atoms. The number of hydrogen-bond donors (Lipinski definition) is 2. The minimum absolute atomic E-state index is 0.00142. The van der Waals surface area contributed by atoms with Gasteiger partial charge in [-0.1, -0.05) is 77.5 Å². The second-order valence-corrected chi connectivity index (χ2v) is 12.3. The van der Waals surface area contributed by atoms with Crippen LogP contribution in [0.3, 0.4) is 0 Å². The number of hydrogen-bond acceptors (Lipinski definition) is 6. The highest BCUT2D eigenvalue weighted by Gasteiger charge is 2.42. The number of rotatable bonds is 16. The van der Waals surface area contributed by atoms with Crippen molar-refractivity contribution in [3.8, 4) is 0 Å². The number of carbonyl (C=O) groups is 3. The molecule has 2 rings (SSSR count). The summed E-state index contributed by atoms with van der Waals surface area (Å²) in [5.41, 5.74) is 6.21. The van der Waals surface area contributed by atoms with Gasteiger partial charge in [-0.25, -0.2) is 0 Å². The average Bonchev–Trinajstić information content (AvgIpc) is 3.31. The van der Waals surface area contributed by atoms with Crippen LogP contribution in [0.2, 0.25) is 0 Å². The third kappa shape index (κ3) is 9.51. The van der Waals surface area contributed by atoms with E-state index in [4.69, 9.17) is 15.2 Å². The Morgan fingerprint density at radius 3 is 2.24 bits per heavy atom. The van der Waals surface area contributed by atoms with Crippen LogP contribution in [-0.2, 0) is 23.9 Å². The first-order valence-electron chi connectivity index (χ1n) is 15.6. The molecule has 1 fully saturated rings. The molecule has 0 aromatic rings. The summed E-state index contributed by atoms with van der Waals surface area (Å²) in [5, 5.41) is 3.07. The summed E-state index contributed by atoms with van der Waals surface area (Å²) in [5.74, 6) is -0.329. The van der Waals surface area contributed by atoms with Crippen LogP contribution < -0.4 is 11.1 Å². The van der Waals surface area contributed by atoms with Crippen molar-refractivity contribution in [2.75, 3.05) is 34.4 Å². The molecular formula is C33H56N4O5. The number of likely N-dealkylation sites (N-methyl/N-ethyl adjacent to an activating group) is 1. The maximum absolute atomic E-state index is 13.8. The van der Waals surface area contributed by atoms with Gasteiger partial charge in [-0.2, -0.15) is 0 Å². The largest absolute Gasteiger partial charge is 0.379 e. The molecule has 42 heavy (non-hydrogen) atoms. The van der Waals surface area contributed by atoms with Gasteiger partial charge in [-0.15, -0.1) is 0 Å². The lowest BCUT2D eigenvalue weighted by Crippen LogP contribution is -2.56. The minimum Gasteiger partial charge on any atom is -0.379 e. The predicted molar refractivity (Wildman–Crippen MR) is 167 cm³/mol. The molecule has 0 spiro atoms. The fourth-order valence-electron chi connectivity index (χ4n) is 6.15. The zero-order chi connectivity index (χ0) is 31.4. The highest BCUT2D eigenvalue weighted by Crippen LogP contribution is 2.29. The molecule has 3 N–H and O–H groups in total. The third-order valence-corrected chi connectivity index (χ3v) is 9.09. The van der Waals surface area contributed by atoms with Gasteiger partial charge < -0.3 is 30.3 Å². The summed E-state index contributed by atoms with van der Waals surface area (Å²) in [4.78, 5) is 43.7. The molecule has 7 atom stereocenters. The lowest BCUT2D eigenvalue weighted by atomic mass is 9.89. The van der Waals surface area contributed by atoms with Gasteiger partial charge in [0.25, 0.3) is 0 Å². The molecule has 1 heterocycles. The summed E-state index contributed by atoms with van der Waals surface area (Å²) in [7, 11) is 4.97. The van der Waals surface area contributed by atoms with E-state index in [1.165, 1.54) is 0 Å². The molecule has 238 valence electrons. The molecule has 1 aliphatic carbocycles. The highest BCUT2D eigenvalue weighted by atomic mass is 16.5. The zero-order valence-corrected chi connectivity index (χ0v) is 27.1. The van der Waals surface area contributed by atoms with Gasteiger partial charge in [0.15, 0.2) is 0 Å². The van der Waals surface area contributed by atoms with Crippen molar-refractivity contribution in [3.05, 3.63) is 36.5 Å². The van der Waals surface area contributed by atoms with E-state index in [2.05, 4.69) is 31.3 Å². The van der Waals surface area contributed by atoms with Crippen LogP contribution >= 0.6 is 0 Å². The summed E-state index contributed by atoms with van der Waals surface area (Å²) in [6, 6.07) is -1.14. The molecule has 0 radical (unpaired) electrons. The van der Waals surface area contributed by atoms with Crippen molar-refractivity contribution < 1.29 is 23.9 Å². The number of nitrogens with two attached hydrogens (primary N) is 1. The molecule has 1 saturated heterocycles. The van der Waals surface area contributed by atoms with E-state index < -0.39 is 24.2 Å². The smallest absolute Gasteiger partial charge is 0.239 e. The van der Waals surface area contributed by atoms with E-state index in [9.17, 15) is 14.4 Å². The van der Waals surface area contributed by atoms with Crippen molar-refractivity contribution in [3.63, 3.8) is 0 Å². The monoisotopic (exact) mass is 588 g/mol. The number of amides is 3. The van der Waals surface area contributed by atoms with E-state index in [1.54, 1.807) is 26.2 Å². The zero-order valence-electron chi connectivity index (χ0n) is 27.1.